The maximum atomic E-state index is 11.9. The summed E-state index contributed by atoms with van der Waals surface area (Å²) in [6, 6.07) is 6.42. The van der Waals surface area contributed by atoms with Crippen LogP contribution in [-0.4, -0.2) is 29.6 Å². The van der Waals surface area contributed by atoms with Crippen LogP contribution in [0.15, 0.2) is 24.3 Å². The number of hydrogen-bond donors (Lipinski definition) is 2. The van der Waals surface area contributed by atoms with E-state index in [1.807, 2.05) is 38.1 Å². The number of thiazole rings is 1. The van der Waals surface area contributed by atoms with Crippen LogP contribution in [0.4, 0.5) is 9.93 Å². The number of nitrogens with one attached hydrogen (secondary N) is 2. The van der Waals surface area contributed by atoms with Gasteiger partial charge in [-0.25, -0.2) is 14.6 Å². The predicted molar refractivity (Wildman–Crippen MR) is 87.0 cm³/mol. The van der Waals surface area contributed by atoms with Crippen LogP contribution in [0.2, 0.25) is 0 Å². The monoisotopic (exact) mass is 321 g/mol. The van der Waals surface area contributed by atoms with Crippen molar-refractivity contribution in [3.63, 3.8) is 0 Å². The Kier molecular flexibility index (Phi) is 5.32. The lowest BCUT2D eigenvalue weighted by atomic mass is 10.2. The van der Waals surface area contributed by atoms with E-state index in [4.69, 9.17) is 4.74 Å². The molecule has 0 saturated heterocycles. The van der Waals surface area contributed by atoms with E-state index in [2.05, 4.69) is 15.6 Å². The van der Waals surface area contributed by atoms with E-state index in [1.165, 1.54) is 11.3 Å². The molecule has 22 heavy (non-hydrogen) atoms. The summed E-state index contributed by atoms with van der Waals surface area (Å²) in [4.78, 5) is 27.9. The van der Waals surface area contributed by atoms with E-state index in [0.29, 0.717) is 11.7 Å². The zero-order chi connectivity index (χ0) is 16.1. The molecular weight excluding hydrogens is 302 g/mol. The van der Waals surface area contributed by atoms with Crippen LogP contribution in [0.5, 0.6) is 0 Å². The topological polar surface area (TPSA) is 80.3 Å². The number of aromatic nitrogens is 1. The minimum atomic E-state index is -0.715. The Morgan fingerprint density at radius 3 is 2.68 bits per heavy atom. The van der Waals surface area contributed by atoms with Gasteiger partial charge in [0.15, 0.2) is 5.13 Å². The first-order chi connectivity index (χ1) is 10.5. The SMILES string of the molecule is CC(C)COC(=O)[C@H](C)NC(=O)Nc1nc2ccccc2s1. The summed E-state index contributed by atoms with van der Waals surface area (Å²) in [7, 11) is 0. The van der Waals surface area contributed by atoms with Crippen molar-refractivity contribution < 1.29 is 14.3 Å². The third-order valence-corrected chi connectivity index (χ3v) is 3.73. The average Bonchev–Trinajstić information content (AvgIpc) is 2.86. The van der Waals surface area contributed by atoms with Gasteiger partial charge in [-0.05, 0) is 25.0 Å². The number of urea groups is 1. The number of esters is 1. The lowest BCUT2D eigenvalue weighted by molar-refractivity contribution is -0.146. The van der Waals surface area contributed by atoms with Gasteiger partial charge < -0.3 is 10.1 Å². The van der Waals surface area contributed by atoms with Crippen molar-refractivity contribution >= 4 is 38.7 Å². The molecule has 0 fully saturated rings. The third-order valence-electron chi connectivity index (χ3n) is 2.77. The van der Waals surface area contributed by atoms with Crippen molar-refractivity contribution in [2.75, 3.05) is 11.9 Å². The van der Waals surface area contributed by atoms with Crippen LogP contribution in [0, 0.1) is 5.92 Å². The number of amides is 2. The van der Waals surface area contributed by atoms with Crippen LogP contribution in [0.25, 0.3) is 10.2 Å². The van der Waals surface area contributed by atoms with E-state index in [9.17, 15) is 9.59 Å². The fraction of sp³-hybridized carbons (Fsp3) is 0.400. The van der Waals surface area contributed by atoms with E-state index in [-0.39, 0.29) is 5.92 Å². The normalized spacial score (nSPS) is 12.2. The van der Waals surface area contributed by atoms with Gasteiger partial charge in [0.25, 0.3) is 0 Å². The first-order valence-corrected chi connectivity index (χ1v) is 7.87. The molecule has 2 rings (SSSR count). The van der Waals surface area contributed by atoms with E-state index in [1.54, 1.807) is 6.92 Å². The fourth-order valence-electron chi connectivity index (χ4n) is 1.69. The lowest BCUT2D eigenvalue weighted by Crippen LogP contribution is -2.42. The van der Waals surface area contributed by atoms with Crippen molar-refractivity contribution in [2.24, 2.45) is 5.92 Å². The molecule has 0 aliphatic carbocycles. The Morgan fingerprint density at radius 2 is 2.00 bits per heavy atom. The van der Waals surface area contributed by atoms with E-state index < -0.39 is 18.0 Å². The highest BCUT2D eigenvalue weighted by molar-refractivity contribution is 7.22. The van der Waals surface area contributed by atoms with Crippen LogP contribution in [-0.2, 0) is 9.53 Å². The molecular formula is C15H19N3O3S. The summed E-state index contributed by atoms with van der Waals surface area (Å²) in [5, 5.41) is 5.66. The molecule has 1 aromatic carbocycles. The standard InChI is InChI=1S/C15H19N3O3S/c1-9(2)8-21-13(19)10(3)16-14(20)18-15-17-11-6-4-5-7-12(11)22-15/h4-7,9-10H,8H2,1-3H3,(H2,16,17,18,20)/t10-/m0/s1. The highest BCUT2D eigenvalue weighted by atomic mass is 32.1. The molecule has 0 radical (unpaired) electrons. The number of carbonyl (C=O) groups excluding carboxylic acids is 2. The van der Waals surface area contributed by atoms with Crippen molar-refractivity contribution in [3.05, 3.63) is 24.3 Å². The molecule has 0 aliphatic rings. The van der Waals surface area contributed by atoms with Gasteiger partial charge in [-0.3, -0.25) is 5.32 Å². The average molecular weight is 321 g/mol. The molecule has 118 valence electrons. The summed E-state index contributed by atoms with van der Waals surface area (Å²) in [5.41, 5.74) is 0.826. The van der Waals surface area contributed by atoms with Crippen LogP contribution in [0.3, 0.4) is 0 Å². The molecule has 2 aromatic rings. The summed E-state index contributed by atoms with van der Waals surface area (Å²) < 4.78 is 6.06. The van der Waals surface area contributed by atoms with Crippen LogP contribution >= 0.6 is 11.3 Å². The maximum Gasteiger partial charge on any atom is 0.328 e. The highest BCUT2D eigenvalue weighted by Crippen LogP contribution is 2.25. The molecule has 0 aliphatic heterocycles. The van der Waals surface area contributed by atoms with Crippen LogP contribution < -0.4 is 10.6 Å². The summed E-state index contributed by atoms with van der Waals surface area (Å²) in [5.74, 6) is -0.194. The Labute approximate surface area is 132 Å². The van der Waals surface area contributed by atoms with E-state index >= 15 is 0 Å². The molecule has 1 heterocycles. The van der Waals surface area contributed by atoms with Crippen molar-refractivity contribution in [1.29, 1.82) is 0 Å². The molecule has 0 spiro atoms. The number of para-hydroxylation sites is 1. The third kappa shape index (κ3) is 4.42. The minimum absolute atomic E-state index is 0.257. The van der Waals surface area contributed by atoms with Gasteiger partial charge >= 0.3 is 12.0 Å². The Hall–Kier alpha value is -2.15. The second kappa shape index (κ2) is 7.22. The Balaban J connectivity index is 1.88. The molecule has 1 aromatic heterocycles. The summed E-state index contributed by atoms with van der Waals surface area (Å²) >= 11 is 1.38. The van der Waals surface area contributed by atoms with Crippen LogP contribution in [0.1, 0.15) is 20.8 Å². The van der Waals surface area contributed by atoms with Gasteiger partial charge in [-0.1, -0.05) is 37.3 Å². The van der Waals surface area contributed by atoms with Crippen molar-refractivity contribution in [1.82, 2.24) is 10.3 Å². The summed E-state index contributed by atoms with van der Waals surface area (Å²) in [6.07, 6.45) is 0. The molecule has 0 unspecified atom stereocenters. The summed E-state index contributed by atoms with van der Waals surface area (Å²) in [6.45, 7) is 5.82. The zero-order valence-electron chi connectivity index (χ0n) is 12.8. The largest absolute Gasteiger partial charge is 0.464 e. The number of ether oxygens (including phenoxy) is 1. The molecule has 1 atom stereocenters. The predicted octanol–water partition coefficient (Wildman–Crippen LogP) is 3.01. The smallest absolute Gasteiger partial charge is 0.328 e. The van der Waals surface area contributed by atoms with Gasteiger partial charge in [0.2, 0.25) is 0 Å². The van der Waals surface area contributed by atoms with Gasteiger partial charge in [0.1, 0.15) is 6.04 Å². The number of carbonyl (C=O) groups is 2. The number of fused-ring (bicyclic) bond motifs is 1. The Bertz CT molecular complexity index is 636. The number of nitrogens with zero attached hydrogens (tertiary/aromatic N) is 1. The Morgan fingerprint density at radius 1 is 1.27 bits per heavy atom. The second-order valence-electron chi connectivity index (χ2n) is 5.33. The quantitative estimate of drug-likeness (QED) is 0.830. The molecule has 2 amide bonds. The van der Waals surface area contributed by atoms with Gasteiger partial charge in [-0.2, -0.15) is 0 Å². The lowest BCUT2D eigenvalue weighted by Gasteiger charge is -2.14. The maximum absolute atomic E-state index is 11.9. The van der Waals surface area contributed by atoms with Gasteiger partial charge in [0.05, 0.1) is 16.8 Å². The van der Waals surface area contributed by atoms with Crippen molar-refractivity contribution in [2.45, 2.75) is 26.8 Å². The van der Waals surface area contributed by atoms with Crippen molar-refractivity contribution in [3.8, 4) is 0 Å². The highest BCUT2D eigenvalue weighted by Gasteiger charge is 2.18. The molecule has 0 bridgehead atoms. The first-order valence-electron chi connectivity index (χ1n) is 7.05. The molecule has 0 saturated carbocycles. The number of anilines is 1. The van der Waals surface area contributed by atoms with E-state index in [0.717, 1.165) is 10.2 Å². The first kappa shape index (κ1) is 16.2. The number of benzene rings is 1. The zero-order valence-corrected chi connectivity index (χ0v) is 13.6. The molecule has 6 nitrogen and oxygen atoms in total. The molecule has 2 N–H and O–H groups in total. The fourth-order valence-corrected chi connectivity index (χ4v) is 2.55. The molecule has 7 heteroatoms. The van der Waals surface area contributed by atoms with Gasteiger partial charge in [0, 0.05) is 0 Å². The number of hydrogen-bond acceptors (Lipinski definition) is 5. The second-order valence-corrected chi connectivity index (χ2v) is 6.36. The minimum Gasteiger partial charge on any atom is -0.464 e. The van der Waals surface area contributed by atoms with Gasteiger partial charge in [-0.15, -0.1) is 0 Å². The number of rotatable bonds is 5.